The van der Waals surface area contributed by atoms with Crippen LogP contribution in [-0.4, -0.2) is 35.9 Å². The van der Waals surface area contributed by atoms with Gasteiger partial charge in [-0.1, -0.05) is 12.1 Å². The van der Waals surface area contributed by atoms with Gasteiger partial charge in [0.05, 0.1) is 17.9 Å². The zero-order valence-electron chi connectivity index (χ0n) is 14.0. The molecule has 0 bridgehead atoms. The van der Waals surface area contributed by atoms with Crippen LogP contribution in [0.3, 0.4) is 0 Å². The Bertz CT molecular complexity index is 698. The number of rotatable bonds is 9. The molecule has 0 spiro atoms. The largest absolute Gasteiger partial charge is 0.494 e. The van der Waals surface area contributed by atoms with Crippen LogP contribution in [0.15, 0.2) is 53.4 Å². The van der Waals surface area contributed by atoms with Crippen molar-refractivity contribution in [3.63, 3.8) is 0 Å². The third-order valence-corrected chi connectivity index (χ3v) is 4.45. The summed E-state index contributed by atoms with van der Waals surface area (Å²) < 4.78 is 5.38. The summed E-state index contributed by atoms with van der Waals surface area (Å²) in [7, 11) is 0. The molecule has 2 aromatic carbocycles. The number of hydrogen-bond donors (Lipinski definition) is 2. The maximum atomic E-state index is 11.9. The third-order valence-electron chi connectivity index (χ3n) is 3.44. The second-order valence-electron chi connectivity index (χ2n) is 5.30. The normalized spacial score (nSPS) is 10.3. The molecule has 0 saturated carbocycles. The third kappa shape index (κ3) is 6.51. The van der Waals surface area contributed by atoms with Crippen LogP contribution in [0.5, 0.6) is 5.75 Å². The van der Waals surface area contributed by atoms with Crippen molar-refractivity contribution < 1.29 is 19.4 Å². The Labute approximate surface area is 151 Å². The van der Waals surface area contributed by atoms with Crippen LogP contribution in [0.4, 0.5) is 0 Å². The maximum absolute atomic E-state index is 11.9. The highest BCUT2D eigenvalue weighted by Gasteiger charge is 2.04. The number of carbonyl (C=O) groups excluding carboxylic acids is 1. The van der Waals surface area contributed by atoms with E-state index in [1.807, 2.05) is 31.2 Å². The topological polar surface area (TPSA) is 75.6 Å². The van der Waals surface area contributed by atoms with Crippen molar-refractivity contribution in [2.75, 3.05) is 18.9 Å². The lowest BCUT2D eigenvalue weighted by Gasteiger charge is -2.07. The number of hydrogen-bond acceptors (Lipinski definition) is 4. The Kier molecular flexibility index (Phi) is 7.35. The fourth-order valence-corrected chi connectivity index (χ4v) is 2.89. The average molecular weight is 359 g/mol. The summed E-state index contributed by atoms with van der Waals surface area (Å²) in [6.07, 6.45) is 0.666. The van der Waals surface area contributed by atoms with Gasteiger partial charge in [0.25, 0.3) is 0 Å². The van der Waals surface area contributed by atoms with Gasteiger partial charge >= 0.3 is 5.97 Å². The van der Waals surface area contributed by atoms with E-state index in [1.54, 1.807) is 24.3 Å². The van der Waals surface area contributed by atoms with Gasteiger partial charge in [0.1, 0.15) is 5.75 Å². The van der Waals surface area contributed by atoms with Crippen LogP contribution in [0.2, 0.25) is 0 Å². The first-order chi connectivity index (χ1) is 12.1. The van der Waals surface area contributed by atoms with Crippen molar-refractivity contribution in [1.29, 1.82) is 0 Å². The van der Waals surface area contributed by atoms with Gasteiger partial charge in [-0.15, -0.1) is 11.8 Å². The van der Waals surface area contributed by atoms with Gasteiger partial charge < -0.3 is 15.2 Å². The van der Waals surface area contributed by atoms with Gasteiger partial charge in [0, 0.05) is 11.4 Å². The van der Waals surface area contributed by atoms with Crippen molar-refractivity contribution in [2.45, 2.75) is 18.2 Å². The van der Waals surface area contributed by atoms with Crippen LogP contribution >= 0.6 is 11.8 Å². The summed E-state index contributed by atoms with van der Waals surface area (Å²) >= 11 is 1.47. The van der Waals surface area contributed by atoms with Crippen molar-refractivity contribution in [3.05, 3.63) is 59.7 Å². The van der Waals surface area contributed by atoms with Crippen LogP contribution < -0.4 is 10.1 Å². The second-order valence-corrected chi connectivity index (χ2v) is 6.34. The van der Waals surface area contributed by atoms with E-state index >= 15 is 0 Å². The van der Waals surface area contributed by atoms with Gasteiger partial charge in [-0.25, -0.2) is 4.79 Å². The number of nitrogens with one attached hydrogen (secondary N) is 1. The minimum Gasteiger partial charge on any atom is -0.494 e. The van der Waals surface area contributed by atoms with Gasteiger partial charge in [-0.2, -0.15) is 0 Å². The van der Waals surface area contributed by atoms with Crippen LogP contribution in [-0.2, 0) is 11.2 Å². The number of thioether (sulfide) groups is 1. The minimum absolute atomic E-state index is 0.0268. The first-order valence-corrected chi connectivity index (χ1v) is 9.01. The summed E-state index contributed by atoms with van der Waals surface area (Å²) in [5.41, 5.74) is 1.25. The molecule has 0 atom stereocenters. The predicted octanol–water partition coefficient (Wildman–Crippen LogP) is 3.23. The molecule has 132 valence electrons. The Morgan fingerprint density at radius 1 is 1.08 bits per heavy atom. The van der Waals surface area contributed by atoms with E-state index in [0.29, 0.717) is 25.3 Å². The molecule has 0 aliphatic rings. The van der Waals surface area contributed by atoms with Crippen molar-refractivity contribution in [2.24, 2.45) is 0 Å². The van der Waals surface area contributed by atoms with Gasteiger partial charge in [-0.05, 0) is 55.3 Å². The molecule has 2 aromatic rings. The molecule has 0 unspecified atom stereocenters. The highest BCUT2D eigenvalue weighted by molar-refractivity contribution is 8.00. The summed E-state index contributed by atoms with van der Waals surface area (Å²) in [4.78, 5) is 23.7. The first kappa shape index (κ1) is 18.9. The number of carboxylic acid groups (broad SMARTS) is 1. The predicted molar refractivity (Wildman–Crippen MR) is 98.5 cm³/mol. The molecular formula is C19H21NO4S. The summed E-state index contributed by atoms with van der Waals surface area (Å²) in [6, 6.07) is 14.3. The number of ether oxygens (including phenoxy) is 1. The summed E-state index contributed by atoms with van der Waals surface area (Å²) in [5.74, 6) is 0.212. The van der Waals surface area contributed by atoms with E-state index < -0.39 is 5.97 Å². The Morgan fingerprint density at radius 2 is 1.76 bits per heavy atom. The van der Waals surface area contributed by atoms with E-state index in [4.69, 9.17) is 9.84 Å². The standard InChI is InChI=1S/C19H21NO4S/c1-2-24-16-7-9-17(10-8-16)25-13-18(21)20-12-11-14-3-5-15(6-4-14)19(22)23/h3-10H,2,11-13H2,1H3,(H,20,21)(H,22,23). The highest BCUT2D eigenvalue weighted by Crippen LogP contribution is 2.21. The molecule has 0 aliphatic heterocycles. The molecule has 0 saturated heterocycles. The zero-order chi connectivity index (χ0) is 18.1. The van der Waals surface area contributed by atoms with E-state index in [2.05, 4.69) is 5.32 Å². The molecule has 0 fully saturated rings. The quantitative estimate of drug-likeness (QED) is 0.672. The Balaban J connectivity index is 1.69. The summed E-state index contributed by atoms with van der Waals surface area (Å²) in [6.45, 7) is 3.09. The van der Waals surface area contributed by atoms with Crippen molar-refractivity contribution >= 4 is 23.6 Å². The fraction of sp³-hybridized carbons (Fsp3) is 0.263. The van der Waals surface area contributed by atoms with Crippen molar-refractivity contribution in [3.8, 4) is 5.75 Å². The van der Waals surface area contributed by atoms with Crippen LogP contribution in [0.25, 0.3) is 0 Å². The van der Waals surface area contributed by atoms with E-state index in [9.17, 15) is 9.59 Å². The lowest BCUT2D eigenvalue weighted by Crippen LogP contribution is -2.27. The molecule has 0 aromatic heterocycles. The molecular weight excluding hydrogens is 338 g/mol. The van der Waals surface area contributed by atoms with E-state index in [0.717, 1.165) is 16.2 Å². The molecule has 1 amide bonds. The molecule has 25 heavy (non-hydrogen) atoms. The molecule has 0 radical (unpaired) electrons. The monoisotopic (exact) mass is 359 g/mol. The van der Waals surface area contributed by atoms with Gasteiger partial charge in [0.2, 0.25) is 5.91 Å². The smallest absolute Gasteiger partial charge is 0.335 e. The minimum atomic E-state index is -0.939. The SMILES string of the molecule is CCOc1ccc(SCC(=O)NCCc2ccc(C(=O)O)cc2)cc1. The molecule has 6 heteroatoms. The number of amides is 1. The second kappa shape index (κ2) is 9.74. The zero-order valence-corrected chi connectivity index (χ0v) is 14.8. The molecule has 0 heterocycles. The summed E-state index contributed by atoms with van der Waals surface area (Å²) in [5, 5.41) is 11.7. The van der Waals surface area contributed by atoms with Gasteiger partial charge in [0.15, 0.2) is 0 Å². The fourth-order valence-electron chi connectivity index (χ4n) is 2.16. The number of aromatic carboxylic acids is 1. The number of carboxylic acids is 1. The highest BCUT2D eigenvalue weighted by atomic mass is 32.2. The van der Waals surface area contributed by atoms with E-state index in [1.165, 1.54) is 11.8 Å². The molecule has 2 rings (SSSR count). The van der Waals surface area contributed by atoms with E-state index in [-0.39, 0.29) is 11.5 Å². The molecule has 5 nitrogen and oxygen atoms in total. The average Bonchev–Trinajstić information content (AvgIpc) is 2.62. The Hall–Kier alpha value is -2.47. The maximum Gasteiger partial charge on any atom is 0.335 e. The van der Waals surface area contributed by atoms with Gasteiger partial charge in [-0.3, -0.25) is 4.79 Å². The molecule has 2 N–H and O–H groups in total. The lowest BCUT2D eigenvalue weighted by molar-refractivity contribution is -0.118. The Morgan fingerprint density at radius 3 is 2.36 bits per heavy atom. The lowest BCUT2D eigenvalue weighted by atomic mass is 10.1. The molecule has 0 aliphatic carbocycles. The van der Waals surface area contributed by atoms with Crippen LogP contribution in [0.1, 0.15) is 22.8 Å². The van der Waals surface area contributed by atoms with Crippen molar-refractivity contribution in [1.82, 2.24) is 5.32 Å². The first-order valence-electron chi connectivity index (χ1n) is 8.03. The number of benzene rings is 2. The number of carbonyl (C=O) groups is 2. The van der Waals surface area contributed by atoms with Crippen LogP contribution in [0, 0.1) is 0 Å².